The van der Waals surface area contributed by atoms with E-state index in [1.807, 2.05) is 19.1 Å². The lowest BCUT2D eigenvalue weighted by Gasteiger charge is -2.19. The van der Waals surface area contributed by atoms with Crippen molar-refractivity contribution in [3.63, 3.8) is 0 Å². The minimum atomic E-state index is -0.235. The van der Waals surface area contributed by atoms with Crippen molar-refractivity contribution in [3.8, 4) is 0 Å². The van der Waals surface area contributed by atoms with E-state index in [2.05, 4.69) is 35.1 Å². The molecular weight excluding hydrogens is 334 g/mol. The van der Waals surface area contributed by atoms with E-state index in [9.17, 15) is 4.79 Å². The quantitative estimate of drug-likeness (QED) is 0.531. The first-order valence-electron chi connectivity index (χ1n) is 8.00. The van der Waals surface area contributed by atoms with Gasteiger partial charge >= 0.3 is 5.69 Å². The maximum atomic E-state index is 11.9. The Hall–Kier alpha value is -2.73. The highest BCUT2D eigenvalue weighted by Gasteiger charge is 2.29. The molecule has 0 saturated heterocycles. The third-order valence-electron chi connectivity index (χ3n) is 4.48. The van der Waals surface area contributed by atoms with Crippen LogP contribution in [-0.2, 0) is 7.05 Å². The Morgan fingerprint density at radius 1 is 1.24 bits per heavy atom. The van der Waals surface area contributed by atoms with E-state index < -0.39 is 0 Å². The number of H-pyrrole nitrogens is 1. The summed E-state index contributed by atoms with van der Waals surface area (Å²) in [4.78, 5) is 19.3. The fourth-order valence-corrected chi connectivity index (χ4v) is 3.56. The molecule has 4 rings (SSSR count). The molecule has 6 heteroatoms. The van der Waals surface area contributed by atoms with E-state index in [0.717, 1.165) is 33.7 Å². The maximum Gasteiger partial charge on any atom is 0.326 e. The predicted octanol–water partition coefficient (Wildman–Crippen LogP) is 3.71. The molecule has 1 unspecified atom stereocenters. The lowest BCUT2D eigenvalue weighted by Crippen LogP contribution is -2.22. The smallest absolute Gasteiger partial charge is 0.326 e. The van der Waals surface area contributed by atoms with Crippen molar-refractivity contribution < 1.29 is 4.42 Å². The highest BCUT2D eigenvalue weighted by atomic mass is 32.1. The molecule has 2 heterocycles. The molecule has 5 nitrogen and oxygen atoms in total. The highest BCUT2D eigenvalue weighted by Crippen LogP contribution is 2.39. The molecule has 1 aliphatic rings. The summed E-state index contributed by atoms with van der Waals surface area (Å²) < 4.78 is 7.71. The van der Waals surface area contributed by atoms with Crippen molar-refractivity contribution >= 4 is 24.4 Å². The van der Waals surface area contributed by atoms with Crippen LogP contribution in [0.1, 0.15) is 45.5 Å². The second-order valence-corrected chi connectivity index (χ2v) is 6.74. The molecule has 126 valence electrons. The van der Waals surface area contributed by atoms with Crippen LogP contribution < -0.4 is 5.69 Å². The van der Waals surface area contributed by atoms with Crippen molar-refractivity contribution in [1.29, 1.82) is 0 Å². The van der Waals surface area contributed by atoms with Gasteiger partial charge in [-0.25, -0.2) is 9.78 Å². The Morgan fingerprint density at radius 3 is 2.84 bits per heavy atom. The summed E-state index contributed by atoms with van der Waals surface area (Å²) in [5.74, 6) is 1.13. The summed E-state index contributed by atoms with van der Waals surface area (Å²) in [7, 11) is 1.71. The molecule has 1 N–H and O–H groups in total. The number of hydrogen-bond acceptors (Lipinski definition) is 4. The summed E-state index contributed by atoms with van der Waals surface area (Å²) >= 11 is 5.47. The Bertz CT molecular complexity index is 1130. The Balaban J connectivity index is 2.09. The SMILES string of the molecule is Cc1ccc2c(c1)C(c1cn(C)c(=O)[nH]c1=S)c1nc(C)oc1C=C2. The van der Waals surface area contributed by atoms with Gasteiger partial charge in [-0.1, -0.05) is 42.1 Å². The minimum Gasteiger partial charge on any atom is -0.441 e. The summed E-state index contributed by atoms with van der Waals surface area (Å²) in [6.45, 7) is 3.89. The maximum absolute atomic E-state index is 11.9. The van der Waals surface area contributed by atoms with Crippen LogP contribution in [0.4, 0.5) is 0 Å². The lowest BCUT2D eigenvalue weighted by molar-refractivity contribution is 0.512. The summed E-state index contributed by atoms with van der Waals surface area (Å²) in [6.07, 6.45) is 5.77. The number of hydrogen-bond donors (Lipinski definition) is 1. The lowest BCUT2D eigenvalue weighted by atomic mass is 9.87. The van der Waals surface area contributed by atoms with E-state index in [-0.39, 0.29) is 11.6 Å². The standard InChI is InChI=1S/C19H17N3O2S/c1-10-4-5-12-6-7-15-17(20-11(2)24-15)16(13(12)8-10)14-9-22(3)19(23)21-18(14)25/h4-9,16H,1-3H3,(H,21,23,25). The molecular formula is C19H17N3O2S. The second-order valence-electron chi connectivity index (χ2n) is 6.34. The van der Waals surface area contributed by atoms with Gasteiger partial charge in [-0.3, -0.25) is 4.98 Å². The fourth-order valence-electron chi connectivity index (χ4n) is 3.30. The van der Waals surface area contributed by atoms with Crippen LogP contribution >= 0.6 is 12.2 Å². The summed E-state index contributed by atoms with van der Waals surface area (Å²) in [6, 6.07) is 6.30. The zero-order valence-electron chi connectivity index (χ0n) is 14.2. The van der Waals surface area contributed by atoms with Gasteiger partial charge in [0.15, 0.2) is 11.7 Å². The third-order valence-corrected chi connectivity index (χ3v) is 4.81. The fraction of sp³-hybridized carbons (Fsp3) is 0.211. The number of oxazole rings is 1. The molecule has 0 aliphatic heterocycles. The molecule has 0 spiro atoms. The van der Waals surface area contributed by atoms with Crippen molar-refractivity contribution in [2.45, 2.75) is 19.8 Å². The number of benzene rings is 1. The highest BCUT2D eigenvalue weighted by molar-refractivity contribution is 7.71. The number of aromatic amines is 1. The zero-order chi connectivity index (χ0) is 17.7. The van der Waals surface area contributed by atoms with Gasteiger partial charge in [-0.2, -0.15) is 0 Å². The normalized spacial score (nSPS) is 15.6. The number of nitrogens with one attached hydrogen (secondary N) is 1. The largest absolute Gasteiger partial charge is 0.441 e. The Morgan fingerprint density at radius 2 is 2.04 bits per heavy atom. The van der Waals surface area contributed by atoms with E-state index in [4.69, 9.17) is 16.6 Å². The van der Waals surface area contributed by atoms with Crippen molar-refractivity contribution in [1.82, 2.24) is 14.5 Å². The number of rotatable bonds is 1. The molecule has 0 bridgehead atoms. The number of aryl methyl sites for hydroxylation is 3. The van der Waals surface area contributed by atoms with E-state index in [1.165, 1.54) is 4.57 Å². The molecule has 0 saturated carbocycles. The third kappa shape index (κ3) is 2.59. The van der Waals surface area contributed by atoms with Gasteiger partial charge in [0.25, 0.3) is 0 Å². The first-order chi connectivity index (χ1) is 11.9. The van der Waals surface area contributed by atoms with Gasteiger partial charge in [0.1, 0.15) is 4.64 Å². The topological polar surface area (TPSA) is 63.8 Å². The van der Waals surface area contributed by atoms with Crippen molar-refractivity contribution in [2.24, 2.45) is 7.05 Å². The molecule has 3 aromatic rings. The summed E-state index contributed by atoms with van der Waals surface area (Å²) in [5.41, 5.74) is 4.76. The van der Waals surface area contributed by atoms with Gasteiger partial charge in [-0.05, 0) is 24.1 Å². The average molecular weight is 351 g/mol. The van der Waals surface area contributed by atoms with Crippen LogP contribution in [0.25, 0.3) is 12.2 Å². The molecule has 2 aromatic heterocycles. The molecule has 1 atom stereocenters. The van der Waals surface area contributed by atoms with Gasteiger partial charge in [0, 0.05) is 25.7 Å². The van der Waals surface area contributed by atoms with Gasteiger partial charge in [-0.15, -0.1) is 0 Å². The molecule has 1 aliphatic carbocycles. The molecule has 1 aromatic carbocycles. The monoisotopic (exact) mass is 351 g/mol. The average Bonchev–Trinajstić information content (AvgIpc) is 2.85. The van der Waals surface area contributed by atoms with Crippen molar-refractivity contribution in [2.75, 3.05) is 0 Å². The van der Waals surface area contributed by atoms with Gasteiger partial charge in [0.05, 0.1) is 11.6 Å². The van der Waals surface area contributed by atoms with Crippen molar-refractivity contribution in [3.05, 3.63) is 79.1 Å². The van der Waals surface area contributed by atoms with Crippen LogP contribution in [0.5, 0.6) is 0 Å². The van der Waals surface area contributed by atoms with E-state index in [0.29, 0.717) is 10.5 Å². The zero-order valence-corrected chi connectivity index (χ0v) is 15.0. The number of fused-ring (bicyclic) bond motifs is 2. The van der Waals surface area contributed by atoms with Gasteiger partial charge < -0.3 is 8.98 Å². The van der Waals surface area contributed by atoms with E-state index in [1.54, 1.807) is 13.2 Å². The first kappa shape index (κ1) is 15.8. The number of nitrogens with zero attached hydrogens (tertiary/aromatic N) is 2. The Kier molecular flexibility index (Phi) is 3.58. The predicted molar refractivity (Wildman–Crippen MR) is 99.2 cm³/mol. The van der Waals surface area contributed by atoms with Crippen LogP contribution in [0.15, 0.2) is 33.6 Å². The summed E-state index contributed by atoms with van der Waals surface area (Å²) in [5, 5.41) is 0. The molecule has 0 amide bonds. The minimum absolute atomic E-state index is 0.201. The molecule has 25 heavy (non-hydrogen) atoms. The van der Waals surface area contributed by atoms with Crippen LogP contribution in [0, 0.1) is 18.5 Å². The first-order valence-corrected chi connectivity index (χ1v) is 8.40. The van der Waals surface area contributed by atoms with Gasteiger partial charge in [0.2, 0.25) is 0 Å². The Labute approximate surface area is 149 Å². The van der Waals surface area contributed by atoms with Crippen LogP contribution in [0.2, 0.25) is 0 Å². The second kappa shape index (κ2) is 5.67. The molecule has 0 fully saturated rings. The number of aromatic nitrogens is 3. The van der Waals surface area contributed by atoms with Crippen LogP contribution in [-0.4, -0.2) is 14.5 Å². The molecule has 0 radical (unpaired) electrons. The van der Waals surface area contributed by atoms with E-state index >= 15 is 0 Å². The van der Waals surface area contributed by atoms with Crippen LogP contribution in [0.3, 0.4) is 0 Å².